The summed E-state index contributed by atoms with van der Waals surface area (Å²) in [7, 11) is 0. The van der Waals surface area contributed by atoms with Gasteiger partial charge in [-0.1, -0.05) is 37.0 Å². The molecule has 1 aliphatic heterocycles. The summed E-state index contributed by atoms with van der Waals surface area (Å²) in [4.78, 5) is 6.93. The van der Waals surface area contributed by atoms with Crippen LogP contribution < -0.4 is 10.2 Å². The summed E-state index contributed by atoms with van der Waals surface area (Å²) in [5, 5.41) is 4.41. The maximum Gasteiger partial charge on any atom is 0.149 e. The molecule has 2 heterocycles. The van der Waals surface area contributed by atoms with E-state index in [1.807, 2.05) is 6.92 Å². The third-order valence-corrected chi connectivity index (χ3v) is 5.06. The maximum atomic E-state index is 6.34. The molecule has 0 spiro atoms. The minimum atomic E-state index is 0.406. The lowest BCUT2D eigenvalue weighted by molar-refractivity contribution is 0.301. The van der Waals surface area contributed by atoms with Crippen molar-refractivity contribution in [3.05, 3.63) is 16.1 Å². The zero-order chi connectivity index (χ0) is 14.8. The molecule has 0 saturated carbocycles. The largest absolute Gasteiger partial charge is 0.369 e. The molecule has 0 aromatic carbocycles. The predicted molar refractivity (Wildman–Crippen MR) is 88.3 cm³/mol. The number of nitrogens with one attached hydrogen (secondary N) is 1. The number of halogens is 2. The molecule has 0 radical (unpaired) electrons. The molecule has 1 aliphatic rings. The van der Waals surface area contributed by atoms with Gasteiger partial charge in [-0.25, -0.2) is 4.98 Å². The number of hydrogen-bond acceptors (Lipinski definition) is 3. The molecule has 1 N–H and O–H groups in total. The molecule has 1 saturated heterocycles. The molecule has 2 rings (SSSR count). The summed E-state index contributed by atoms with van der Waals surface area (Å²) in [5.41, 5.74) is 0.406. The average Bonchev–Trinajstić information content (AvgIpc) is 2.87. The Morgan fingerprint density at radius 2 is 1.95 bits per heavy atom. The Labute approximate surface area is 131 Å². The van der Waals surface area contributed by atoms with E-state index < -0.39 is 0 Å². The molecule has 112 valence electrons. The SMILES string of the molecule is CCNc1nc(N2CCC(CC)(CC)C2)c(Cl)cc1Cl. The number of anilines is 2. The molecule has 1 fully saturated rings. The minimum absolute atomic E-state index is 0.406. The zero-order valence-corrected chi connectivity index (χ0v) is 14.0. The number of rotatable bonds is 5. The summed E-state index contributed by atoms with van der Waals surface area (Å²) in [5.74, 6) is 1.58. The van der Waals surface area contributed by atoms with Crippen molar-refractivity contribution in [3.63, 3.8) is 0 Å². The Morgan fingerprint density at radius 3 is 2.50 bits per heavy atom. The third-order valence-electron chi connectivity index (χ3n) is 4.49. The first kappa shape index (κ1) is 15.7. The van der Waals surface area contributed by atoms with Crippen LogP contribution in [0.25, 0.3) is 0 Å². The minimum Gasteiger partial charge on any atom is -0.369 e. The topological polar surface area (TPSA) is 28.2 Å². The van der Waals surface area contributed by atoms with E-state index in [0.717, 1.165) is 31.3 Å². The van der Waals surface area contributed by atoms with Gasteiger partial charge in [0.25, 0.3) is 0 Å². The summed E-state index contributed by atoms with van der Waals surface area (Å²) in [6.45, 7) is 9.41. The van der Waals surface area contributed by atoms with Crippen molar-refractivity contribution in [2.45, 2.75) is 40.0 Å². The van der Waals surface area contributed by atoms with Crippen molar-refractivity contribution in [2.24, 2.45) is 5.41 Å². The van der Waals surface area contributed by atoms with Crippen molar-refractivity contribution >= 4 is 34.8 Å². The van der Waals surface area contributed by atoms with E-state index in [1.54, 1.807) is 6.07 Å². The van der Waals surface area contributed by atoms with Gasteiger partial charge in [-0.2, -0.15) is 0 Å². The lowest BCUT2D eigenvalue weighted by atomic mass is 9.82. The molecule has 0 atom stereocenters. The molecule has 0 bridgehead atoms. The van der Waals surface area contributed by atoms with Crippen LogP contribution in [0.4, 0.5) is 11.6 Å². The van der Waals surface area contributed by atoms with Crippen molar-refractivity contribution in [1.82, 2.24) is 4.98 Å². The first-order valence-corrected chi connectivity index (χ1v) is 8.15. The van der Waals surface area contributed by atoms with Crippen molar-refractivity contribution in [3.8, 4) is 0 Å². The van der Waals surface area contributed by atoms with Crippen LogP contribution in [-0.2, 0) is 0 Å². The van der Waals surface area contributed by atoms with Gasteiger partial charge in [0.1, 0.15) is 11.6 Å². The van der Waals surface area contributed by atoms with Gasteiger partial charge in [-0.05, 0) is 37.7 Å². The van der Waals surface area contributed by atoms with Gasteiger partial charge in [-0.3, -0.25) is 0 Å². The van der Waals surface area contributed by atoms with Gasteiger partial charge in [0.2, 0.25) is 0 Å². The highest BCUT2D eigenvalue weighted by Gasteiger charge is 2.36. The average molecular weight is 316 g/mol. The Hall–Kier alpha value is -0.670. The number of nitrogens with zero attached hydrogens (tertiary/aromatic N) is 2. The van der Waals surface area contributed by atoms with Crippen LogP contribution in [-0.4, -0.2) is 24.6 Å². The monoisotopic (exact) mass is 315 g/mol. The fraction of sp³-hybridized carbons (Fsp3) is 0.667. The fourth-order valence-corrected chi connectivity index (χ4v) is 3.46. The molecule has 0 aliphatic carbocycles. The van der Waals surface area contributed by atoms with E-state index in [1.165, 1.54) is 19.3 Å². The number of hydrogen-bond donors (Lipinski definition) is 1. The first-order valence-electron chi connectivity index (χ1n) is 7.40. The second-order valence-corrected chi connectivity index (χ2v) is 6.35. The smallest absolute Gasteiger partial charge is 0.149 e. The van der Waals surface area contributed by atoms with Crippen LogP contribution in [0.5, 0.6) is 0 Å². The lowest BCUT2D eigenvalue weighted by Crippen LogP contribution is -2.27. The van der Waals surface area contributed by atoms with E-state index >= 15 is 0 Å². The second kappa shape index (κ2) is 6.40. The highest BCUT2D eigenvalue weighted by atomic mass is 35.5. The van der Waals surface area contributed by atoms with Gasteiger partial charge < -0.3 is 10.2 Å². The van der Waals surface area contributed by atoms with Gasteiger partial charge in [0.15, 0.2) is 0 Å². The molecule has 0 unspecified atom stereocenters. The van der Waals surface area contributed by atoms with E-state index in [-0.39, 0.29) is 0 Å². The van der Waals surface area contributed by atoms with Gasteiger partial charge >= 0.3 is 0 Å². The van der Waals surface area contributed by atoms with Gasteiger partial charge in [0.05, 0.1) is 10.0 Å². The van der Waals surface area contributed by atoms with Gasteiger partial charge in [-0.15, -0.1) is 0 Å². The fourth-order valence-electron chi connectivity index (χ4n) is 2.91. The third kappa shape index (κ3) is 2.99. The van der Waals surface area contributed by atoms with Crippen LogP contribution in [0.3, 0.4) is 0 Å². The molecule has 0 amide bonds. The highest BCUT2D eigenvalue weighted by molar-refractivity contribution is 6.37. The quantitative estimate of drug-likeness (QED) is 0.843. The van der Waals surface area contributed by atoms with Gasteiger partial charge in [0, 0.05) is 19.6 Å². The van der Waals surface area contributed by atoms with Crippen molar-refractivity contribution in [2.75, 3.05) is 29.9 Å². The highest BCUT2D eigenvalue weighted by Crippen LogP contribution is 2.41. The van der Waals surface area contributed by atoms with E-state index in [9.17, 15) is 0 Å². The normalized spacial score (nSPS) is 17.6. The van der Waals surface area contributed by atoms with E-state index in [4.69, 9.17) is 23.2 Å². The molecule has 1 aromatic heterocycles. The van der Waals surface area contributed by atoms with Crippen LogP contribution in [0.15, 0.2) is 6.07 Å². The van der Waals surface area contributed by atoms with Crippen LogP contribution in [0.1, 0.15) is 40.0 Å². The maximum absolute atomic E-state index is 6.34. The summed E-state index contributed by atoms with van der Waals surface area (Å²) in [6.07, 6.45) is 3.60. The molecular formula is C15H23Cl2N3. The second-order valence-electron chi connectivity index (χ2n) is 5.53. The Kier molecular flexibility index (Phi) is 5.03. The van der Waals surface area contributed by atoms with Crippen LogP contribution >= 0.6 is 23.2 Å². The van der Waals surface area contributed by atoms with E-state index in [2.05, 4.69) is 29.0 Å². The molecule has 3 nitrogen and oxygen atoms in total. The van der Waals surface area contributed by atoms with Crippen LogP contribution in [0.2, 0.25) is 10.0 Å². The Morgan fingerprint density at radius 1 is 1.25 bits per heavy atom. The number of aromatic nitrogens is 1. The lowest BCUT2D eigenvalue weighted by Gasteiger charge is -2.27. The number of pyridine rings is 1. The first-order chi connectivity index (χ1) is 9.55. The van der Waals surface area contributed by atoms with E-state index in [0.29, 0.717) is 15.5 Å². The van der Waals surface area contributed by atoms with Crippen molar-refractivity contribution in [1.29, 1.82) is 0 Å². The summed E-state index contributed by atoms with van der Waals surface area (Å²) >= 11 is 12.5. The molecular weight excluding hydrogens is 293 g/mol. The van der Waals surface area contributed by atoms with Crippen LogP contribution in [0, 0.1) is 5.41 Å². The zero-order valence-electron chi connectivity index (χ0n) is 12.5. The van der Waals surface area contributed by atoms with Crippen molar-refractivity contribution < 1.29 is 0 Å². The standard InChI is InChI=1S/C15H23Cl2N3/c1-4-15(5-2)7-8-20(10-15)14-12(17)9-11(16)13(19-14)18-6-3/h9H,4-8,10H2,1-3H3,(H,18,19). The Balaban J connectivity index is 2.27. The summed E-state index contributed by atoms with van der Waals surface area (Å²) < 4.78 is 0. The molecule has 20 heavy (non-hydrogen) atoms. The molecule has 5 heteroatoms. The summed E-state index contributed by atoms with van der Waals surface area (Å²) in [6, 6.07) is 1.79. The molecule has 1 aromatic rings. The predicted octanol–water partition coefficient (Wildman–Crippen LogP) is 4.84. The Bertz CT molecular complexity index is 472.